The minimum Gasteiger partial charge on any atom is -0.470 e. The molecular weight excluding hydrogens is 349 g/mol. The second kappa shape index (κ2) is 7.82. The van der Waals surface area contributed by atoms with Gasteiger partial charge in [-0.15, -0.1) is 0 Å². The summed E-state index contributed by atoms with van der Waals surface area (Å²) in [6.07, 6.45) is -0.631. The molecule has 7 heteroatoms. The van der Waals surface area contributed by atoms with Crippen LogP contribution in [0.2, 0.25) is 10.0 Å². The fourth-order valence-corrected chi connectivity index (χ4v) is 2.82. The average Bonchev–Trinajstić information content (AvgIpc) is 2.83. The lowest BCUT2D eigenvalue weighted by molar-refractivity contribution is -0.0100. The monoisotopic (exact) mass is 363 g/mol. The maximum atomic E-state index is 8.97. The summed E-state index contributed by atoms with van der Waals surface area (Å²) in [7, 11) is 0. The van der Waals surface area contributed by atoms with E-state index in [9.17, 15) is 0 Å². The van der Waals surface area contributed by atoms with Gasteiger partial charge in [-0.25, -0.2) is 4.98 Å². The second-order valence-corrected chi connectivity index (χ2v) is 6.11. The molecule has 24 heavy (non-hydrogen) atoms. The topological polar surface area (TPSA) is 67.2 Å². The number of pyridine rings is 1. The lowest BCUT2D eigenvalue weighted by Crippen LogP contribution is -2.34. The van der Waals surface area contributed by atoms with Crippen LogP contribution in [0.25, 0.3) is 0 Å². The van der Waals surface area contributed by atoms with Crippen molar-refractivity contribution in [1.82, 2.24) is 10.3 Å². The highest BCUT2D eigenvalue weighted by atomic mass is 35.5. The number of halogens is 2. The van der Waals surface area contributed by atoms with E-state index in [1.54, 1.807) is 30.3 Å². The highest BCUT2D eigenvalue weighted by Crippen LogP contribution is 2.31. The van der Waals surface area contributed by atoms with Crippen LogP contribution in [0.3, 0.4) is 0 Å². The van der Waals surface area contributed by atoms with Crippen molar-refractivity contribution in [3.05, 3.63) is 57.7 Å². The minimum atomic E-state index is -0.317. The predicted octanol–water partition coefficient (Wildman–Crippen LogP) is 3.37. The third-order valence-corrected chi connectivity index (χ3v) is 4.38. The normalized spacial score (nSPS) is 20.9. The average molecular weight is 364 g/mol. The molecule has 1 aliphatic rings. The number of benzene rings is 1. The molecule has 1 aliphatic heterocycles. The van der Waals surface area contributed by atoms with Gasteiger partial charge in [-0.1, -0.05) is 35.3 Å². The lowest BCUT2D eigenvalue weighted by atomic mass is 10.0. The molecule has 0 saturated carbocycles. The van der Waals surface area contributed by atoms with E-state index in [-0.39, 0.29) is 12.2 Å². The number of hydrogen-bond donors (Lipinski definition) is 1. The third-order valence-electron chi connectivity index (χ3n) is 3.64. The number of nitrogens with zero attached hydrogens (tertiary/aromatic N) is 2. The van der Waals surface area contributed by atoms with E-state index < -0.39 is 0 Å². The van der Waals surface area contributed by atoms with Crippen LogP contribution < -0.4 is 10.1 Å². The number of nitriles is 1. The molecule has 0 radical (unpaired) electrons. The van der Waals surface area contributed by atoms with Crippen molar-refractivity contribution in [3.8, 4) is 11.9 Å². The fourth-order valence-electron chi connectivity index (χ4n) is 2.52. The van der Waals surface area contributed by atoms with Crippen molar-refractivity contribution in [3.63, 3.8) is 0 Å². The molecule has 1 saturated heterocycles. The van der Waals surface area contributed by atoms with Crippen molar-refractivity contribution >= 4 is 23.2 Å². The zero-order chi connectivity index (χ0) is 16.9. The van der Waals surface area contributed by atoms with Crippen LogP contribution in [0.15, 0.2) is 36.4 Å². The SMILES string of the molecule is N#Cc1cccc(OC2CNCCOC2c2ccc(Cl)c(Cl)c2)n1. The minimum absolute atomic E-state index is 0.307. The predicted molar refractivity (Wildman–Crippen MR) is 91.4 cm³/mol. The second-order valence-electron chi connectivity index (χ2n) is 5.30. The highest BCUT2D eigenvalue weighted by molar-refractivity contribution is 6.42. The lowest BCUT2D eigenvalue weighted by Gasteiger charge is -2.25. The molecule has 1 fully saturated rings. The zero-order valence-corrected chi connectivity index (χ0v) is 14.2. The molecule has 0 bridgehead atoms. The summed E-state index contributed by atoms with van der Waals surface area (Å²) >= 11 is 12.1. The molecule has 1 aromatic carbocycles. The molecular formula is C17H15Cl2N3O2. The summed E-state index contributed by atoms with van der Waals surface area (Å²) in [6.45, 7) is 1.86. The van der Waals surface area contributed by atoms with Gasteiger partial charge in [0.1, 0.15) is 24.0 Å². The van der Waals surface area contributed by atoms with Crippen LogP contribution in [-0.4, -0.2) is 30.8 Å². The van der Waals surface area contributed by atoms with Gasteiger partial charge in [-0.2, -0.15) is 5.26 Å². The van der Waals surface area contributed by atoms with Crippen LogP contribution in [0.4, 0.5) is 0 Å². The Morgan fingerprint density at radius 2 is 2.12 bits per heavy atom. The maximum absolute atomic E-state index is 8.97. The van der Waals surface area contributed by atoms with Gasteiger partial charge >= 0.3 is 0 Å². The van der Waals surface area contributed by atoms with Crippen molar-refractivity contribution in [2.45, 2.75) is 12.2 Å². The molecule has 2 heterocycles. The first kappa shape index (κ1) is 17.0. The number of nitrogens with one attached hydrogen (secondary N) is 1. The molecule has 1 N–H and O–H groups in total. The Balaban J connectivity index is 1.87. The quantitative estimate of drug-likeness (QED) is 0.905. The number of rotatable bonds is 3. The summed E-state index contributed by atoms with van der Waals surface area (Å²) in [5.74, 6) is 0.386. The van der Waals surface area contributed by atoms with Gasteiger partial charge in [0.2, 0.25) is 5.88 Å². The van der Waals surface area contributed by atoms with E-state index >= 15 is 0 Å². The zero-order valence-electron chi connectivity index (χ0n) is 12.7. The Kier molecular flexibility index (Phi) is 5.54. The van der Waals surface area contributed by atoms with Crippen molar-refractivity contribution < 1.29 is 9.47 Å². The molecule has 0 aliphatic carbocycles. The molecule has 2 atom stereocenters. The van der Waals surface area contributed by atoms with Crippen molar-refractivity contribution in [1.29, 1.82) is 5.26 Å². The van der Waals surface area contributed by atoms with Gasteiger partial charge < -0.3 is 14.8 Å². The van der Waals surface area contributed by atoms with Gasteiger partial charge in [-0.05, 0) is 23.8 Å². The van der Waals surface area contributed by atoms with Gasteiger partial charge in [0, 0.05) is 19.2 Å². The Morgan fingerprint density at radius 1 is 1.25 bits per heavy atom. The summed E-state index contributed by atoms with van der Waals surface area (Å²) in [4.78, 5) is 4.16. The van der Waals surface area contributed by atoms with E-state index in [4.69, 9.17) is 37.9 Å². The summed E-state index contributed by atoms with van der Waals surface area (Å²) < 4.78 is 11.9. The van der Waals surface area contributed by atoms with E-state index in [1.807, 2.05) is 12.1 Å². The molecule has 1 aromatic heterocycles. The first-order valence-corrected chi connectivity index (χ1v) is 8.24. The van der Waals surface area contributed by atoms with Crippen LogP contribution >= 0.6 is 23.2 Å². The van der Waals surface area contributed by atoms with Crippen LogP contribution in [-0.2, 0) is 4.74 Å². The van der Waals surface area contributed by atoms with E-state index in [2.05, 4.69) is 10.3 Å². The molecule has 2 aromatic rings. The number of ether oxygens (including phenoxy) is 2. The Hall–Kier alpha value is -1.84. The summed E-state index contributed by atoms with van der Waals surface area (Å²) in [5.41, 5.74) is 1.19. The Bertz CT molecular complexity index is 764. The maximum Gasteiger partial charge on any atom is 0.214 e. The van der Waals surface area contributed by atoms with E-state index in [0.29, 0.717) is 34.8 Å². The Labute approximate surface area is 150 Å². The fraction of sp³-hybridized carbons (Fsp3) is 0.294. The molecule has 2 unspecified atom stereocenters. The molecule has 0 amide bonds. The van der Waals surface area contributed by atoms with Gasteiger partial charge in [0.25, 0.3) is 0 Å². The van der Waals surface area contributed by atoms with Crippen molar-refractivity contribution in [2.75, 3.05) is 19.7 Å². The highest BCUT2D eigenvalue weighted by Gasteiger charge is 2.28. The molecule has 3 rings (SSSR count). The standard InChI is InChI=1S/C17H15Cl2N3O2/c18-13-5-4-11(8-14(13)19)17-15(10-21-6-7-23-17)24-16-3-1-2-12(9-20)22-16/h1-5,8,15,17,21H,6-7,10H2. The van der Waals surface area contributed by atoms with Crippen LogP contribution in [0, 0.1) is 11.3 Å². The Morgan fingerprint density at radius 3 is 2.92 bits per heavy atom. The smallest absolute Gasteiger partial charge is 0.214 e. The van der Waals surface area contributed by atoms with Gasteiger partial charge in [-0.3, -0.25) is 0 Å². The molecule has 124 valence electrons. The van der Waals surface area contributed by atoms with E-state index in [1.165, 1.54) is 0 Å². The van der Waals surface area contributed by atoms with E-state index in [0.717, 1.165) is 12.1 Å². The van der Waals surface area contributed by atoms with Crippen molar-refractivity contribution in [2.24, 2.45) is 0 Å². The van der Waals surface area contributed by atoms with Gasteiger partial charge in [0.05, 0.1) is 16.7 Å². The van der Waals surface area contributed by atoms with Gasteiger partial charge in [0.15, 0.2) is 0 Å². The first-order chi connectivity index (χ1) is 11.7. The van der Waals surface area contributed by atoms with Crippen LogP contribution in [0.5, 0.6) is 5.88 Å². The van der Waals surface area contributed by atoms with Crippen LogP contribution in [0.1, 0.15) is 17.4 Å². The molecule has 0 spiro atoms. The molecule has 5 nitrogen and oxygen atoms in total. The first-order valence-electron chi connectivity index (χ1n) is 7.48. The number of hydrogen-bond acceptors (Lipinski definition) is 5. The largest absolute Gasteiger partial charge is 0.470 e. The summed E-state index contributed by atoms with van der Waals surface area (Å²) in [5, 5.41) is 13.2. The summed E-state index contributed by atoms with van der Waals surface area (Å²) in [6, 6.07) is 12.5. The third kappa shape index (κ3) is 3.97. The number of aromatic nitrogens is 1.